The van der Waals surface area contributed by atoms with Crippen molar-refractivity contribution < 1.29 is 24.2 Å². The number of carbonyl (C=O) groups excluding carboxylic acids is 2. The Kier molecular flexibility index (Phi) is 6.73. The van der Waals surface area contributed by atoms with E-state index in [0.29, 0.717) is 28.5 Å². The van der Waals surface area contributed by atoms with Crippen LogP contribution in [0.1, 0.15) is 27.7 Å². The number of nitrogens with zero attached hydrogens (tertiary/aromatic N) is 4. The lowest BCUT2D eigenvalue weighted by Gasteiger charge is -2.26. The Hall–Kier alpha value is -4.43. The molecule has 2 aromatic carbocycles. The molecule has 0 saturated heterocycles. The Labute approximate surface area is 222 Å². The number of fused-ring (bicyclic) bond motifs is 2. The molecule has 12 nitrogen and oxygen atoms in total. The molecule has 38 heavy (non-hydrogen) atoms. The number of thiophene rings is 1. The van der Waals surface area contributed by atoms with Gasteiger partial charge in [-0.3, -0.25) is 25.0 Å². The van der Waals surface area contributed by atoms with Crippen molar-refractivity contribution in [3.8, 4) is 10.6 Å². The summed E-state index contributed by atoms with van der Waals surface area (Å²) in [5.74, 6) is -0.736. The molecule has 14 heteroatoms. The summed E-state index contributed by atoms with van der Waals surface area (Å²) in [6.07, 6.45) is 0.0798. The summed E-state index contributed by atoms with van der Waals surface area (Å²) in [5, 5.41) is 26.5. The first kappa shape index (κ1) is 25.2. The number of nitro benzene ring substituents is 2. The number of amides is 2. The van der Waals surface area contributed by atoms with E-state index >= 15 is 0 Å². The monoisotopic (exact) mass is 553 g/mol. The highest BCUT2D eigenvalue weighted by Crippen LogP contribution is 2.46. The maximum Gasteiger partial charge on any atom is 0.410 e. The number of benzene rings is 2. The van der Waals surface area contributed by atoms with E-state index in [1.165, 1.54) is 22.7 Å². The van der Waals surface area contributed by atoms with Gasteiger partial charge in [-0.2, -0.15) is 0 Å². The Morgan fingerprint density at radius 3 is 2.47 bits per heavy atom. The number of nitrogens with one attached hydrogen (secondary N) is 1. The molecule has 194 valence electrons. The highest BCUT2D eigenvalue weighted by atomic mass is 32.1. The van der Waals surface area contributed by atoms with Gasteiger partial charge in [-0.25, -0.2) is 9.78 Å². The van der Waals surface area contributed by atoms with Crippen LogP contribution < -0.4 is 5.32 Å². The number of ether oxygens (including phenoxy) is 1. The fourth-order valence-corrected chi connectivity index (χ4v) is 6.55. The van der Waals surface area contributed by atoms with Gasteiger partial charge in [0, 0.05) is 29.1 Å². The number of para-hydroxylation sites is 1. The number of aromatic nitrogens is 1. The first-order valence-electron chi connectivity index (χ1n) is 11.4. The van der Waals surface area contributed by atoms with Gasteiger partial charge >= 0.3 is 6.09 Å². The van der Waals surface area contributed by atoms with Crippen molar-refractivity contribution >= 4 is 61.3 Å². The number of carbonyl (C=O) groups is 2. The zero-order chi connectivity index (χ0) is 27.0. The SMILES string of the molecule is CCOC(=O)N1CCc2c(sc(NC(=O)c3cc([N+](=O)[O-])cc([N+](=O)[O-])c3)c2-c2nc3ccccc3s2)C1. The summed E-state index contributed by atoms with van der Waals surface area (Å²) in [7, 11) is 0. The predicted molar refractivity (Wildman–Crippen MR) is 142 cm³/mol. The van der Waals surface area contributed by atoms with Crippen molar-refractivity contribution in [1.82, 2.24) is 9.88 Å². The fourth-order valence-electron chi connectivity index (χ4n) is 4.18. The summed E-state index contributed by atoms with van der Waals surface area (Å²) in [5.41, 5.74) is 1.10. The first-order valence-corrected chi connectivity index (χ1v) is 13.1. The van der Waals surface area contributed by atoms with E-state index in [2.05, 4.69) is 5.32 Å². The van der Waals surface area contributed by atoms with E-state index in [1.807, 2.05) is 24.3 Å². The van der Waals surface area contributed by atoms with Crippen LogP contribution in [-0.4, -0.2) is 44.9 Å². The number of anilines is 1. The molecule has 4 aromatic rings. The molecule has 5 rings (SSSR count). The standard InChI is InChI=1S/C24H19N5O7S2/c1-2-36-24(31)27-8-7-16-19(12-27)38-23(20(16)22-25-17-5-3-4-6-18(17)37-22)26-21(30)13-9-14(28(32)33)11-15(10-13)29(34)35/h3-6,9-11H,2,7-8,12H2,1H3,(H,26,30). The van der Waals surface area contributed by atoms with E-state index in [0.717, 1.165) is 38.9 Å². The molecule has 3 heterocycles. The Morgan fingerprint density at radius 1 is 1.11 bits per heavy atom. The molecule has 2 aromatic heterocycles. The van der Waals surface area contributed by atoms with Crippen LogP contribution in [0.5, 0.6) is 0 Å². The molecular formula is C24H19N5O7S2. The molecular weight excluding hydrogens is 534 g/mol. The van der Waals surface area contributed by atoms with Gasteiger partial charge in [-0.05, 0) is 31.0 Å². The van der Waals surface area contributed by atoms with Crippen LogP contribution in [-0.2, 0) is 17.7 Å². The highest BCUT2D eigenvalue weighted by molar-refractivity contribution is 7.23. The van der Waals surface area contributed by atoms with E-state index in [-0.39, 0.29) is 18.7 Å². The van der Waals surface area contributed by atoms with Gasteiger partial charge in [0.25, 0.3) is 17.3 Å². The minimum absolute atomic E-state index is 0.222. The summed E-state index contributed by atoms with van der Waals surface area (Å²) >= 11 is 2.72. The van der Waals surface area contributed by atoms with Crippen molar-refractivity contribution in [2.75, 3.05) is 18.5 Å². The lowest BCUT2D eigenvalue weighted by atomic mass is 10.0. The lowest BCUT2D eigenvalue weighted by molar-refractivity contribution is -0.394. The van der Waals surface area contributed by atoms with E-state index in [4.69, 9.17) is 9.72 Å². The molecule has 1 aliphatic rings. The number of hydrogen-bond donors (Lipinski definition) is 1. The molecule has 0 fully saturated rings. The van der Waals surface area contributed by atoms with Crippen LogP contribution >= 0.6 is 22.7 Å². The lowest BCUT2D eigenvalue weighted by Crippen LogP contribution is -2.35. The van der Waals surface area contributed by atoms with Crippen LogP contribution in [0.3, 0.4) is 0 Å². The van der Waals surface area contributed by atoms with Gasteiger partial charge in [0.15, 0.2) is 0 Å². The van der Waals surface area contributed by atoms with Crippen molar-refractivity contribution in [2.45, 2.75) is 19.9 Å². The number of hydrogen-bond acceptors (Lipinski definition) is 10. The van der Waals surface area contributed by atoms with Crippen molar-refractivity contribution in [1.29, 1.82) is 0 Å². The number of thiazole rings is 1. The van der Waals surface area contributed by atoms with Gasteiger partial charge in [0.05, 0.1) is 44.8 Å². The normalized spacial score (nSPS) is 12.7. The minimum Gasteiger partial charge on any atom is -0.450 e. The molecule has 0 aliphatic carbocycles. The van der Waals surface area contributed by atoms with Gasteiger partial charge in [-0.1, -0.05) is 12.1 Å². The molecule has 1 aliphatic heterocycles. The van der Waals surface area contributed by atoms with Crippen molar-refractivity contribution in [2.24, 2.45) is 0 Å². The van der Waals surface area contributed by atoms with Crippen LogP contribution in [0.4, 0.5) is 21.2 Å². The van der Waals surface area contributed by atoms with Gasteiger partial charge in [0.2, 0.25) is 0 Å². The average molecular weight is 554 g/mol. The maximum atomic E-state index is 13.2. The summed E-state index contributed by atoms with van der Waals surface area (Å²) in [6.45, 7) is 2.69. The Bertz CT molecular complexity index is 1550. The molecule has 0 radical (unpaired) electrons. The van der Waals surface area contributed by atoms with E-state index < -0.39 is 33.2 Å². The molecule has 1 N–H and O–H groups in total. The zero-order valence-electron chi connectivity index (χ0n) is 19.8. The van der Waals surface area contributed by atoms with Crippen LogP contribution in [0.25, 0.3) is 20.8 Å². The highest BCUT2D eigenvalue weighted by Gasteiger charge is 2.30. The average Bonchev–Trinajstić information content (AvgIpc) is 3.48. The molecule has 2 amide bonds. The number of non-ortho nitro benzene ring substituents is 2. The molecule has 0 spiro atoms. The maximum absolute atomic E-state index is 13.2. The smallest absolute Gasteiger partial charge is 0.410 e. The summed E-state index contributed by atoms with van der Waals surface area (Å²) in [4.78, 5) is 53.8. The van der Waals surface area contributed by atoms with Crippen LogP contribution in [0.2, 0.25) is 0 Å². The van der Waals surface area contributed by atoms with E-state index in [9.17, 15) is 29.8 Å². The largest absolute Gasteiger partial charge is 0.450 e. The first-order chi connectivity index (χ1) is 18.2. The van der Waals surface area contributed by atoms with Gasteiger partial charge in [-0.15, -0.1) is 22.7 Å². The topological polar surface area (TPSA) is 158 Å². The minimum atomic E-state index is -0.788. The van der Waals surface area contributed by atoms with Crippen LogP contribution in [0.15, 0.2) is 42.5 Å². The van der Waals surface area contributed by atoms with Crippen LogP contribution in [0, 0.1) is 20.2 Å². The third kappa shape index (κ3) is 4.78. The molecule has 0 unspecified atom stereocenters. The number of nitro groups is 2. The molecule has 0 saturated carbocycles. The Morgan fingerprint density at radius 2 is 1.82 bits per heavy atom. The second-order valence-electron chi connectivity index (χ2n) is 8.27. The van der Waals surface area contributed by atoms with E-state index in [1.54, 1.807) is 11.8 Å². The Balaban J connectivity index is 1.57. The third-order valence-corrected chi connectivity index (χ3v) is 8.09. The second kappa shape index (κ2) is 10.1. The zero-order valence-corrected chi connectivity index (χ0v) is 21.5. The second-order valence-corrected chi connectivity index (χ2v) is 10.4. The molecule has 0 atom stereocenters. The van der Waals surface area contributed by atoms with Gasteiger partial charge in [0.1, 0.15) is 10.0 Å². The third-order valence-electron chi connectivity index (χ3n) is 5.90. The predicted octanol–water partition coefficient (Wildman–Crippen LogP) is 5.61. The molecule has 0 bridgehead atoms. The quantitative estimate of drug-likeness (QED) is 0.238. The van der Waals surface area contributed by atoms with Gasteiger partial charge < -0.3 is 15.0 Å². The van der Waals surface area contributed by atoms with Crippen molar-refractivity contribution in [3.63, 3.8) is 0 Å². The van der Waals surface area contributed by atoms with Crippen molar-refractivity contribution in [3.05, 3.63) is 78.7 Å². The summed E-state index contributed by atoms with van der Waals surface area (Å²) < 4.78 is 6.10. The summed E-state index contributed by atoms with van der Waals surface area (Å²) in [6, 6.07) is 10.4. The number of rotatable bonds is 6. The fraction of sp³-hybridized carbons (Fsp3) is 0.208.